The predicted molar refractivity (Wildman–Crippen MR) is 81.5 cm³/mol. The van der Waals surface area contributed by atoms with Crippen LogP contribution in [0.15, 0.2) is 24.3 Å². The normalized spacial score (nSPS) is 12.1. The molecule has 20 heavy (non-hydrogen) atoms. The Balaban J connectivity index is 2.90. The van der Waals surface area contributed by atoms with Crippen LogP contribution >= 0.6 is 0 Å². The first-order valence-corrected chi connectivity index (χ1v) is 6.89. The van der Waals surface area contributed by atoms with Crippen LogP contribution in [0.4, 0.5) is 0 Å². The van der Waals surface area contributed by atoms with Gasteiger partial charge in [0.25, 0.3) is 0 Å². The highest BCUT2D eigenvalue weighted by molar-refractivity contribution is 6.03. The van der Waals surface area contributed by atoms with E-state index in [1.165, 1.54) is 0 Å². The van der Waals surface area contributed by atoms with Gasteiger partial charge in [0.05, 0.1) is 11.1 Å². The number of rotatable bonds is 2. The monoisotopic (exact) mass is 271 g/mol. The molecule has 2 aromatic rings. The summed E-state index contributed by atoms with van der Waals surface area (Å²) < 4.78 is 0. The zero-order valence-corrected chi connectivity index (χ0v) is 12.7. The van der Waals surface area contributed by atoms with E-state index in [9.17, 15) is 9.90 Å². The molecular weight excluding hydrogens is 250 g/mol. The molecule has 0 spiro atoms. The van der Waals surface area contributed by atoms with Crippen LogP contribution in [0.1, 0.15) is 62.2 Å². The molecule has 1 heterocycles. The molecule has 0 amide bonds. The van der Waals surface area contributed by atoms with Crippen molar-refractivity contribution in [3.8, 4) is 0 Å². The molecule has 0 saturated carbocycles. The molecule has 0 atom stereocenters. The third-order valence-electron chi connectivity index (χ3n) is 3.49. The third-order valence-corrected chi connectivity index (χ3v) is 3.49. The van der Waals surface area contributed by atoms with Gasteiger partial charge in [0.15, 0.2) is 0 Å². The molecule has 0 bridgehead atoms. The summed E-state index contributed by atoms with van der Waals surface area (Å²) in [7, 11) is 0. The molecule has 3 heteroatoms. The molecule has 0 radical (unpaired) electrons. The summed E-state index contributed by atoms with van der Waals surface area (Å²) in [4.78, 5) is 16.3. The number of hydrogen-bond acceptors (Lipinski definition) is 2. The Morgan fingerprint density at radius 3 is 2.40 bits per heavy atom. The minimum absolute atomic E-state index is 0.178. The van der Waals surface area contributed by atoms with E-state index in [1.54, 1.807) is 6.07 Å². The van der Waals surface area contributed by atoms with Crippen molar-refractivity contribution in [2.75, 3.05) is 0 Å². The van der Waals surface area contributed by atoms with Crippen LogP contribution in [-0.2, 0) is 5.41 Å². The van der Waals surface area contributed by atoms with Gasteiger partial charge in [0.2, 0.25) is 0 Å². The maximum Gasteiger partial charge on any atom is 0.336 e. The van der Waals surface area contributed by atoms with Crippen LogP contribution in [0, 0.1) is 0 Å². The van der Waals surface area contributed by atoms with Gasteiger partial charge in [-0.25, -0.2) is 4.79 Å². The van der Waals surface area contributed by atoms with Crippen LogP contribution in [0.2, 0.25) is 0 Å². The van der Waals surface area contributed by atoms with Crippen molar-refractivity contribution in [3.63, 3.8) is 0 Å². The Morgan fingerprint density at radius 2 is 1.90 bits per heavy atom. The Bertz CT molecular complexity index is 666. The van der Waals surface area contributed by atoms with Crippen molar-refractivity contribution in [1.29, 1.82) is 0 Å². The van der Waals surface area contributed by atoms with Gasteiger partial charge in [0, 0.05) is 16.5 Å². The highest BCUT2D eigenvalue weighted by Gasteiger charge is 2.21. The van der Waals surface area contributed by atoms with Crippen LogP contribution in [0.5, 0.6) is 0 Å². The lowest BCUT2D eigenvalue weighted by Gasteiger charge is -2.20. The number of benzene rings is 1. The van der Waals surface area contributed by atoms with Crippen molar-refractivity contribution in [2.24, 2.45) is 0 Å². The van der Waals surface area contributed by atoms with Gasteiger partial charge in [-0.2, -0.15) is 0 Å². The van der Waals surface area contributed by atoms with Gasteiger partial charge in [0.1, 0.15) is 0 Å². The quantitative estimate of drug-likeness (QED) is 0.883. The van der Waals surface area contributed by atoms with Gasteiger partial charge in [-0.1, -0.05) is 52.8 Å². The van der Waals surface area contributed by atoms with Gasteiger partial charge in [-0.05, 0) is 17.5 Å². The number of para-hydroxylation sites is 1. The van der Waals surface area contributed by atoms with Gasteiger partial charge >= 0.3 is 5.97 Å². The lowest BCUT2D eigenvalue weighted by Crippen LogP contribution is -2.16. The number of aromatic carboxylic acids is 1. The Kier molecular flexibility index (Phi) is 3.55. The second kappa shape index (κ2) is 4.89. The fourth-order valence-electron chi connectivity index (χ4n) is 2.30. The molecular formula is C17H21NO2. The molecule has 0 aliphatic rings. The van der Waals surface area contributed by atoms with Crippen molar-refractivity contribution in [1.82, 2.24) is 4.98 Å². The molecule has 0 saturated heterocycles. The molecule has 1 N–H and O–H groups in total. The second-order valence-corrected chi connectivity index (χ2v) is 6.51. The standard InChI is InChI=1S/C17H21NO2/c1-10(2)11-7-6-8-12-13(16(19)20)9-14(17(3,4)5)18-15(11)12/h6-10H,1-5H3,(H,19,20). The number of carbonyl (C=O) groups is 1. The number of nitrogens with zero attached hydrogens (tertiary/aromatic N) is 1. The fourth-order valence-corrected chi connectivity index (χ4v) is 2.30. The first-order valence-electron chi connectivity index (χ1n) is 6.89. The van der Waals surface area contributed by atoms with E-state index in [4.69, 9.17) is 4.98 Å². The van der Waals surface area contributed by atoms with E-state index in [2.05, 4.69) is 13.8 Å². The maximum absolute atomic E-state index is 11.5. The third kappa shape index (κ3) is 2.53. The molecule has 1 aromatic carbocycles. The van der Waals surface area contributed by atoms with Crippen LogP contribution in [-0.4, -0.2) is 16.1 Å². The molecule has 2 rings (SSSR count). The molecule has 0 unspecified atom stereocenters. The van der Waals surface area contributed by atoms with Crippen molar-refractivity contribution < 1.29 is 9.90 Å². The topological polar surface area (TPSA) is 50.2 Å². The van der Waals surface area contributed by atoms with E-state index in [1.807, 2.05) is 39.0 Å². The summed E-state index contributed by atoms with van der Waals surface area (Å²) >= 11 is 0. The number of carboxylic acid groups (broad SMARTS) is 1. The molecule has 1 aromatic heterocycles. The molecule has 3 nitrogen and oxygen atoms in total. The Hall–Kier alpha value is -1.90. The van der Waals surface area contributed by atoms with Crippen LogP contribution in [0.3, 0.4) is 0 Å². The highest BCUT2D eigenvalue weighted by Crippen LogP contribution is 2.30. The number of hydrogen-bond donors (Lipinski definition) is 1. The summed E-state index contributed by atoms with van der Waals surface area (Å²) in [6, 6.07) is 7.47. The van der Waals surface area contributed by atoms with Gasteiger partial charge < -0.3 is 5.11 Å². The maximum atomic E-state index is 11.5. The van der Waals surface area contributed by atoms with E-state index >= 15 is 0 Å². The number of pyridine rings is 1. The largest absolute Gasteiger partial charge is 0.478 e. The summed E-state index contributed by atoms with van der Waals surface area (Å²) in [6.45, 7) is 10.3. The van der Waals surface area contributed by atoms with Crippen molar-refractivity contribution in [3.05, 3.63) is 41.1 Å². The summed E-state index contributed by atoms with van der Waals surface area (Å²) in [5, 5.41) is 10.2. The highest BCUT2D eigenvalue weighted by atomic mass is 16.4. The second-order valence-electron chi connectivity index (χ2n) is 6.51. The van der Waals surface area contributed by atoms with Crippen molar-refractivity contribution in [2.45, 2.75) is 46.0 Å². The first kappa shape index (κ1) is 14.5. The van der Waals surface area contributed by atoms with Crippen LogP contribution < -0.4 is 0 Å². The molecule has 106 valence electrons. The molecule has 0 aliphatic heterocycles. The average molecular weight is 271 g/mol. The Labute approximate surface area is 119 Å². The zero-order valence-electron chi connectivity index (χ0n) is 12.7. The Morgan fingerprint density at radius 1 is 1.25 bits per heavy atom. The van der Waals surface area contributed by atoms with Crippen LogP contribution in [0.25, 0.3) is 10.9 Å². The molecule has 0 aliphatic carbocycles. The first-order chi connectivity index (χ1) is 9.21. The van der Waals surface area contributed by atoms with Gasteiger partial charge in [-0.15, -0.1) is 0 Å². The fraction of sp³-hybridized carbons (Fsp3) is 0.412. The van der Waals surface area contributed by atoms with Crippen molar-refractivity contribution >= 4 is 16.9 Å². The molecule has 0 fully saturated rings. The predicted octanol–water partition coefficient (Wildman–Crippen LogP) is 4.35. The summed E-state index contributed by atoms with van der Waals surface area (Å²) in [5.74, 6) is -0.591. The van der Waals surface area contributed by atoms with Gasteiger partial charge in [-0.3, -0.25) is 4.98 Å². The van der Waals surface area contributed by atoms with E-state index < -0.39 is 5.97 Å². The zero-order chi connectivity index (χ0) is 15.1. The lowest BCUT2D eigenvalue weighted by atomic mass is 9.88. The lowest BCUT2D eigenvalue weighted by molar-refractivity contribution is 0.0699. The van der Waals surface area contributed by atoms with E-state index in [-0.39, 0.29) is 5.41 Å². The smallest absolute Gasteiger partial charge is 0.336 e. The minimum Gasteiger partial charge on any atom is -0.478 e. The average Bonchev–Trinajstić information content (AvgIpc) is 2.35. The minimum atomic E-state index is -0.899. The van der Waals surface area contributed by atoms with E-state index in [0.717, 1.165) is 22.2 Å². The number of carboxylic acids is 1. The SMILES string of the molecule is CC(C)c1cccc2c(C(=O)O)cc(C(C)(C)C)nc12. The summed E-state index contributed by atoms with van der Waals surface area (Å²) in [5.41, 5.74) is 2.88. The number of aromatic nitrogens is 1. The number of fused-ring (bicyclic) bond motifs is 1. The van der Waals surface area contributed by atoms with E-state index in [0.29, 0.717) is 11.5 Å². The summed E-state index contributed by atoms with van der Waals surface area (Å²) in [6.07, 6.45) is 0.